The number of nitrogens with zero attached hydrogens (tertiary/aromatic N) is 3. The molecule has 0 aliphatic heterocycles. The van der Waals surface area contributed by atoms with E-state index in [2.05, 4.69) is 25.7 Å². The Labute approximate surface area is 104 Å². The van der Waals surface area contributed by atoms with Crippen molar-refractivity contribution in [3.63, 3.8) is 0 Å². The van der Waals surface area contributed by atoms with E-state index in [9.17, 15) is 0 Å². The van der Waals surface area contributed by atoms with Gasteiger partial charge in [0.25, 0.3) is 0 Å². The molecule has 7 nitrogen and oxygen atoms in total. The van der Waals surface area contributed by atoms with Crippen LogP contribution >= 0.6 is 0 Å². The van der Waals surface area contributed by atoms with E-state index in [0.29, 0.717) is 24.1 Å². The molecule has 18 heavy (non-hydrogen) atoms. The smallest absolute Gasteiger partial charge is 0.212 e. The van der Waals surface area contributed by atoms with Crippen LogP contribution in [0.4, 0.5) is 11.6 Å². The maximum absolute atomic E-state index is 5.25. The van der Waals surface area contributed by atoms with Crippen molar-refractivity contribution in [2.45, 2.75) is 6.54 Å². The lowest BCUT2D eigenvalue weighted by Gasteiger charge is -2.06. The highest BCUT2D eigenvalue weighted by molar-refractivity contribution is 5.41. The van der Waals surface area contributed by atoms with Gasteiger partial charge in [0.2, 0.25) is 5.88 Å². The molecule has 7 heteroatoms. The molecule has 2 aromatic rings. The molecule has 2 heterocycles. The number of hydrogen-bond acceptors (Lipinski definition) is 7. The minimum Gasteiger partial charge on any atom is -0.481 e. The number of anilines is 2. The number of aromatic nitrogens is 3. The van der Waals surface area contributed by atoms with Crippen LogP contribution in [0.25, 0.3) is 0 Å². The molecule has 94 valence electrons. The summed E-state index contributed by atoms with van der Waals surface area (Å²) in [6.45, 7) is 0.597. The van der Waals surface area contributed by atoms with Gasteiger partial charge in [-0.1, -0.05) is 6.07 Å². The third-order valence-corrected chi connectivity index (χ3v) is 2.26. The average molecular weight is 246 g/mol. The van der Waals surface area contributed by atoms with Crippen LogP contribution in [0.1, 0.15) is 5.56 Å². The maximum atomic E-state index is 5.25. The van der Waals surface area contributed by atoms with E-state index in [4.69, 9.17) is 10.6 Å². The molecule has 0 saturated carbocycles. The van der Waals surface area contributed by atoms with Crippen LogP contribution in [0.3, 0.4) is 0 Å². The summed E-state index contributed by atoms with van der Waals surface area (Å²) in [6, 6.07) is 3.73. The number of nitrogens with two attached hydrogens (primary N) is 1. The lowest BCUT2D eigenvalue weighted by atomic mass is 10.3. The summed E-state index contributed by atoms with van der Waals surface area (Å²) in [5, 5.41) is 3.12. The highest BCUT2D eigenvalue weighted by Crippen LogP contribution is 2.10. The fourth-order valence-electron chi connectivity index (χ4n) is 1.35. The maximum Gasteiger partial charge on any atom is 0.212 e. The molecule has 0 atom stereocenters. The second-order valence-corrected chi connectivity index (χ2v) is 3.50. The van der Waals surface area contributed by atoms with Gasteiger partial charge in [-0.05, 0) is 5.56 Å². The van der Waals surface area contributed by atoms with E-state index < -0.39 is 0 Å². The number of nitrogen functional groups attached to an aromatic ring is 1. The number of hydrogen-bond donors (Lipinski definition) is 3. The van der Waals surface area contributed by atoms with E-state index in [0.717, 1.165) is 5.56 Å². The topological polar surface area (TPSA) is 98.0 Å². The Kier molecular flexibility index (Phi) is 3.87. The number of methoxy groups -OCH3 is 1. The number of rotatable bonds is 5. The minimum absolute atomic E-state index is 0.507. The van der Waals surface area contributed by atoms with Crippen molar-refractivity contribution in [2.75, 3.05) is 17.9 Å². The molecule has 0 fully saturated rings. The Hall–Kier alpha value is -2.41. The highest BCUT2D eigenvalue weighted by Gasteiger charge is 1.99. The van der Waals surface area contributed by atoms with Crippen LogP contribution in [0.5, 0.6) is 5.88 Å². The third kappa shape index (κ3) is 3.05. The van der Waals surface area contributed by atoms with Gasteiger partial charge in [-0.15, -0.1) is 0 Å². The first-order chi connectivity index (χ1) is 8.81. The number of hydrazine groups is 1. The molecule has 0 unspecified atom stereocenters. The van der Waals surface area contributed by atoms with Crippen molar-refractivity contribution in [2.24, 2.45) is 5.84 Å². The standard InChI is InChI=1S/C11H14N6O/c1-18-11-3-2-8(5-15-11)4-14-9-6-13-7-10(16-9)17-12/h2-3,5-7H,4,12H2,1H3,(H2,14,16,17). The van der Waals surface area contributed by atoms with Crippen LogP contribution in [0, 0.1) is 0 Å². The molecular weight excluding hydrogens is 232 g/mol. The molecule has 2 rings (SSSR count). The SMILES string of the molecule is COc1ccc(CNc2cncc(NN)n2)cn1. The predicted molar refractivity (Wildman–Crippen MR) is 68.0 cm³/mol. The summed E-state index contributed by atoms with van der Waals surface area (Å²) in [7, 11) is 1.58. The Balaban J connectivity index is 1.97. The van der Waals surface area contributed by atoms with Crippen LogP contribution in [-0.2, 0) is 6.54 Å². The minimum atomic E-state index is 0.507. The second-order valence-electron chi connectivity index (χ2n) is 3.50. The average Bonchev–Trinajstić information content (AvgIpc) is 2.46. The quantitative estimate of drug-likeness (QED) is 0.529. The zero-order valence-corrected chi connectivity index (χ0v) is 9.92. The molecule has 0 aliphatic rings. The Morgan fingerprint density at radius 3 is 2.72 bits per heavy atom. The van der Waals surface area contributed by atoms with Gasteiger partial charge >= 0.3 is 0 Å². The van der Waals surface area contributed by atoms with Crippen molar-refractivity contribution in [3.05, 3.63) is 36.3 Å². The second kappa shape index (κ2) is 5.78. The van der Waals surface area contributed by atoms with Crippen molar-refractivity contribution >= 4 is 11.6 Å². The van der Waals surface area contributed by atoms with Crippen LogP contribution < -0.4 is 21.3 Å². The summed E-state index contributed by atoms with van der Waals surface area (Å²) in [4.78, 5) is 12.3. The predicted octanol–water partition coefficient (Wildman–Crippen LogP) is 0.778. The summed E-state index contributed by atoms with van der Waals surface area (Å²) < 4.78 is 4.99. The van der Waals surface area contributed by atoms with Gasteiger partial charge in [-0.3, -0.25) is 4.98 Å². The molecule has 0 bridgehead atoms. The third-order valence-electron chi connectivity index (χ3n) is 2.26. The number of nitrogens with one attached hydrogen (secondary N) is 2. The molecule has 0 amide bonds. The van der Waals surface area contributed by atoms with Gasteiger partial charge in [0, 0.05) is 18.8 Å². The van der Waals surface area contributed by atoms with Crippen molar-refractivity contribution in [1.29, 1.82) is 0 Å². The largest absolute Gasteiger partial charge is 0.481 e. The number of ether oxygens (including phenoxy) is 1. The molecule has 0 radical (unpaired) electrons. The van der Waals surface area contributed by atoms with Crippen molar-refractivity contribution in [1.82, 2.24) is 15.0 Å². The van der Waals surface area contributed by atoms with Crippen LogP contribution in [0.2, 0.25) is 0 Å². The van der Waals surface area contributed by atoms with Crippen molar-refractivity contribution in [3.8, 4) is 5.88 Å². The summed E-state index contributed by atoms with van der Waals surface area (Å²) in [6.07, 6.45) is 4.90. The fourth-order valence-corrected chi connectivity index (χ4v) is 1.35. The zero-order valence-electron chi connectivity index (χ0n) is 9.92. The Morgan fingerprint density at radius 2 is 2.06 bits per heavy atom. The fraction of sp³-hybridized carbons (Fsp3) is 0.182. The summed E-state index contributed by atoms with van der Waals surface area (Å²) in [5.74, 6) is 6.99. The Morgan fingerprint density at radius 1 is 1.22 bits per heavy atom. The first-order valence-corrected chi connectivity index (χ1v) is 5.33. The monoisotopic (exact) mass is 246 g/mol. The van der Waals surface area contributed by atoms with Gasteiger partial charge in [0.1, 0.15) is 5.82 Å². The van der Waals surface area contributed by atoms with Crippen LogP contribution in [-0.4, -0.2) is 22.1 Å². The van der Waals surface area contributed by atoms with Crippen molar-refractivity contribution < 1.29 is 4.74 Å². The molecule has 4 N–H and O–H groups in total. The van der Waals surface area contributed by atoms with Crippen LogP contribution in [0.15, 0.2) is 30.7 Å². The summed E-state index contributed by atoms with van der Waals surface area (Å²) >= 11 is 0. The van der Waals surface area contributed by atoms with E-state index in [1.165, 1.54) is 0 Å². The molecular formula is C11H14N6O. The molecule has 0 aromatic carbocycles. The van der Waals surface area contributed by atoms with Gasteiger partial charge < -0.3 is 15.5 Å². The molecule has 0 spiro atoms. The normalized spacial score (nSPS) is 9.89. The lowest BCUT2D eigenvalue weighted by molar-refractivity contribution is 0.397. The Bertz CT molecular complexity index is 501. The molecule has 0 aliphatic carbocycles. The zero-order chi connectivity index (χ0) is 12.8. The van der Waals surface area contributed by atoms with E-state index in [1.807, 2.05) is 6.07 Å². The van der Waals surface area contributed by atoms with E-state index in [-0.39, 0.29) is 0 Å². The highest BCUT2D eigenvalue weighted by atomic mass is 16.5. The van der Waals surface area contributed by atoms with Gasteiger partial charge in [-0.25, -0.2) is 15.8 Å². The van der Waals surface area contributed by atoms with E-state index in [1.54, 1.807) is 31.8 Å². The summed E-state index contributed by atoms with van der Waals surface area (Å²) in [5.41, 5.74) is 3.46. The van der Waals surface area contributed by atoms with Gasteiger partial charge in [0.15, 0.2) is 5.82 Å². The molecule has 2 aromatic heterocycles. The van der Waals surface area contributed by atoms with E-state index >= 15 is 0 Å². The lowest BCUT2D eigenvalue weighted by Crippen LogP contribution is -2.10. The number of pyridine rings is 1. The van der Waals surface area contributed by atoms with Gasteiger partial charge in [-0.2, -0.15) is 0 Å². The first kappa shape index (κ1) is 12.1. The first-order valence-electron chi connectivity index (χ1n) is 5.33. The molecule has 0 saturated heterocycles. The van der Waals surface area contributed by atoms with Gasteiger partial charge in [0.05, 0.1) is 19.5 Å².